The molecule has 0 bridgehead atoms. The van der Waals surface area contributed by atoms with E-state index in [1.165, 1.54) is 7.11 Å². The molecule has 0 aliphatic rings. The topological polar surface area (TPSA) is 49.4 Å². The van der Waals surface area contributed by atoms with Crippen molar-refractivity contribution < 1.29 is 13.5 Å². The maximum Gasteiger partial charge on any atom is 0.0592 e. The minimum Gasteiger partial charge on any atom is -0.772 e. The van der Waals surface area contributed by atoms with Crippen molar-refractivity contribution in [3.8, 4) is 0 Å². The second kappa shape index (κ2) is 4.00. The van der Waals surface area contributed by atoms with Gasteiger partial charge in [0.1, 0.15) is 0 Å². The Hall–Kier alpha value is 0.0700. The molecule has 0 heterocycles. The molecule has 0 N–H and O–H groups in total. The van der Waals surface area contributed by atoms with Crippen molar-refractivity contribution in [1.82, 2.24) is 0 Å². The fourth-order valence-corrected chi connectivity index (χ4v) is 0.537. The Morgan fingerprint density at radius 2 is 2.38 bits per heavy atom. The van der Waals surface area contributed by atoms with Crippen molar-refractivity contribution in [2.24, 2.45) is 0 Å². The molecule has 3 nitrogen and oxygen atoms in total. The summed E-state index contributed by atoms with van der Waals surface area (Å²) in [7, 11) is 1.48. The molecule has 8 heavy (non-hydrogen) atoms. The SMILES string of the molecule is COCC(C)S(=O)[O-]. The van der Waals surface area contributed by atoms with Gasteiger partial charge in [-0.25, -0.2) is 0 Å². The zero-order valence-corrected chi connectivity index (χ0v) is 5.73. The third-order valence-electron chi connectivity index (χ3n) is 0.730. The van der Waals surface area contributed by atoms with E-state index in [2.05, 4.69) is 4.74 Å². The summed E-state index contributed by atoms with van der Waals surface area (Å²) >= 11 is -1.99. The van der Waals surface area contributed by atoms with Crippen molar-refractivity contribution in [2.45, 2.75) is 12.2 Å². The lowest BCUT2D eigenvalue weighted by Gasteiger charge is -2.11. The summed E-state index contributed by atoms with van der Waals surface area (Å²) < 4.78 is 24.6. The van der Waals surface area contributed by atoms with E-state index in [0.717, 1.165) is 0 Å². The minimum absolute atomic E-state index is 0.274. The van der Waals surface area contributed by atoms with E-state index in [0.29, 0.717) is 0 Å². The second-order valence-electron chi connectivity index (χ2n) is 1.53. The number of hydrogen-bond acceptors (Lipinski definition) is 3. The molecule has 0 amide bonds. The Kier molecular flexibility index (Phi) is 4.03. The van der Waals surface area contributed by atoms with E-state index in [1.54, 1.807) is 6.92 Å². The molecule has 0 spiro atoms. The molecule has 4 heteroatoms. The van der Waals surface area contributed by atoms with Crippen LogP contribution < -0.4 is 0 Å². The summed E-state index contributed by atoms with van der Waals surface area (Å²) in [5.74, 6) is 0. The first kappa shape index (κ1) is 8.07. The van der Waals surface area contributed by atoms with Crippen molar-refractivity contribution in [3.05, 3.63) is 0 Å². The first-order chi connectivity index (χ1) is 3.68. The molecule has 0 aromatic carbocycles. The van der Waals surface area contributed by atoms with Crippen LogP contribution in [-0.4, -0.2) is 27.7 Å². The molecule has 0 radical (unpaired) electrons. The highest BCUT2D eigenvalue weighted by atomic mass is 32.2. The average Bonchev–Trinajstić information content (AvgIpc) is 1.67. The van der Waals surface area contributed by atoms with Crippen LogP contribution in [0.1, 0.15) is 6.92 Å². The van der Waals surface area contributed by atoms with Gasteiger partial charge in [0.2, 0.25) is 0 Å². The first-order valence-electron chi connectivity index (χ1n) is 2.25. The van der Waals surface area contributed by atoms with Crippen molar-refractivity contribution in [1.29, 1.82) is 0 Å². The van der Waals surface area contributed by atoms with E-state index >= 15 is 0 Å². The molecule has 0 aliphatic carbocycles. The Morgan fingerprint density at radius 1 is 1.88 bits per heavy atom. The molecular weight excluding hydrogens is 128 g/mol. The van der Waals surface area contributed by atoms with Gasteiger partial charge in [0.05, 0.1) is 6.61 Å². The van der Waals surface area contributed by atoms with Crippen molar-refractivity contribution in [3.63, 3.8) is 0 Å². The Balaban J connectivity index is 3.32. The summed E-state index contributed by atoms with van der Waals surface area (Å²) in [5, 5.41) is -0.389. The van der Waals surface area contributed by atoms with Gasteiger partial charge in [-0.2, -0.15) is 0 Å². The lowest BCUT2D eigenvalue weighted by atomic mass is 10.5. The third kappa shape index (κ3) is 3.12. The number of rotatable bonds is 3. The van der Waals surface area contributed by atoms with E-state index in [4.69, 9.17) is 0 Å². The summed E-state index contributed by atoms with van der Waals surface area (Å²) in [6, 6.07) is 0. The highest BCUT2D eigenvalue weighted by Crippen LogP contribution is 1.89. The average molecular weight is 137 g/mol. The minimum atomic E-state index is -1.99. The van der Waals surface area contributed by atoms with Gasteiger partial charge in [-0.1, -0.05) is 11.1 Å². The molecule has 0 rings (SSSR count). The van der Waals surface area contributed by atoms with Crippen LogP contribution in [-0.2, 0) is 15.8 Å². The molecular formula is C4H9O3S-. The van der Waals surface area contributed by atoms with Crippen molar-refractivity contribution in [2.75, 3.05) is 13.7 Å². The molecule has 0 aromatic heterocycles. The van der Waals surface area contributed by atoms with Crippen LogP contribution in [0.2, 0.25) is 0 Å². The highest BCUT2D eigenvalue weighted by molar-refractivity contribution is 7.79. The van der Waals surface area contributed by atoms with Gasteiger partial charge in [0.15, 0.2) is 0 Å². The molecule has 0 aromatic rings. The summed E-state index contributed by atoms with van der Waals surface area (Å²) in [5.41, 5.74) is 0. The zero-order chi connectivity index (χ0) is 6.57. The van der Waals surface area contributed by atoms with E-state index in [-0.39, 0.29) is 11.9 Å². The first-order valence-corrected chi connectivity index (χ1v) is 3.39. The van der Waals surface area contributed by atoms with Gasteiger partial charge in [0.25, 0.3) is 0 Å². The van der Waals surface area contributed by atoms with Gasteiger partial charge in [-0.3, -0.25) is 4.21 Å². The van der Waals surface area contributed by atoms with Gasteiger partial charge in [0, 0.05) is 12.4 Å². The van der Waals surface area contributed by atoms with Crippen LogP contribution >= 0.6 is 0 Å². The number of methoxy groups -OCH3 is 1. The lowest BCUT2D eigenvalue weighted by molar-refractivity contribution is 0.199. The largest absolute Gasteiger partial charge is 0.772 e. The normalized spacial score (nSPS) is 17.9. The fourth-order valence-electron chi connectivity index (χ4n) is 0.290. The summed E-state index contributed by atoms with van der Waals surface area (Å²) in [4.78, 5) is 0. The molecule has 0 fully saturated rings. The molecule has 2 atom stereocenters. The Morgan fingerprint density at radius 3 is 2.50 bits per heavy atom. The fraction of sp³-hybridized carbons (Fsp3) is 1.00. The molecule has 0 saturated heterocycles. The van der Waals surface area contributed by atoms with Crippen LogP contribution in [0, 0.1) is 0 Å². The van der Waals surface area contributed by atoms with Gasteiger partial charge >= 0.3 is 0 Å². The molecule has 0 aliphatic heterocycles. The third-order valence-corrected chi connectivity index (χ3v) is 1.52. The number of hydrogen-bond donors (Lipinski definition) is 0. The summed E-state index contributed by atoms with van der Waals surface area (Å²) in [6.45, 7) is 1.86. The van der Waals surface area contributed by atoms with Crippen LogP contribution in [0.5, 0.6) is 0 Å². The maximum atomic E-state index is 10.0. The summed E-state index contributed by atoms with van der Waals surface area (Å²) in [6.07, 6.45) is 0. The van der Waals surface area contributed by atoms with E-state index in [1.807, 2.05) is 0 Å². The van der Waals surface area contributed by atoms with Crippen LogP contribution in [0.3, 0.4) is 0 Å². The molecule has 2 unspecified atom stereocenters. The number of ether oxygens (including phenoxy) is 1. The van der Waals surface area contributed by atoms with Gasteiger partial charge in [-0.15, -0.1) is 0 Å². The molecule has 50 valence electrons. The van der Waals surface area contributed by atoms with Crippen LogP contribution in [0.15, 0.2) is 0 Å². The predicted octanol–water partition coefficient (Wildman–Crippen LogP) is -0.0996. The Bertz CT molecular complexity index is 83.4. The highest BCUT2D eigenvalue weighted by Gasteiger charge is 1.97. The standard InChI is InChI=1S/C4H10O3S/c1-4(3-7-2)8(5)6/h4H,3H2,1-2H3,(H,5,6)/p-1. The van der Waals surface area contributed by atoms with E-state index < -0.39 is 11.1 Å². The van der Waals surface area contributed by atoms with Gasteiger partial charge in [-0.05, 0) is 6.92 Å². The maximum absolute atomic E-state index is 10.0. The van der Waals surface area contributed by atoms with Crippen molar-refractivity contribution >= 4 is 11.1 Å². The van der Waals surface area contributed by atoms with Crippen LogP contribution in [0.4, 0.5) is 0 Å². The molecule has 0 saturated carbocycles. The second-order valence-corrected chi connectivity index (χ2v) is 2.85. The Labute approximate surface area is 51.3 Å². The van der Waals surface area contributed by atoms with E-state index in [9.17, 15) is 8.76 Å². The monoisotopic (exact) mass is 137 g/mol. The predicted molar refractivity (Wildman–Crippen MR) is 30.3 cm³/mol. The van der Waals surface area contributed by atoms with Gasteiger partial charge < -0.3 is 9.29 Å². The lowest BCUT2D eigenvalue weighted by Crippen LogP contribution is -2.15. The zero-order valence-electron chi connectivity index (χ0n) is 4.92. The smallest absolute Gasteiger partial charge is 0.0592 e. The quantitative estimate of drug-likeness (QED) is 0.510. The van der Waals surface area contributed by atoms with Crippen LogP contribution in [0.25, 0.3) is 0 Å².